The van der Waals surface area contributed by atoms with E-state index in [0.717, 1.165) is 27.8 Å². The average molecular weight is 467 g/mol. The Labute approximate surface area is 193 Å². The van der Waals surface area contributed by atoms with Crippen molar-refractivity contribution in [3.05, 3.63) is 71.4 Å². The van der Waals surface area contributed by atoms with Gasteiger partial charge in [0.15, 0.2) is 5.82 Å². The molecule has 0 bridgehead atoms. The van der Waals surface area contributed by atoms with Gasteiger partial charge in [0.1, 0.15) is 15.5 Å². The molecule has 6 nitrogen and oxygen atoms in total. The van der Waals surface area contributed by atoms with Crippen LogP contribution in [0.5, 0.6) is 0 Å². The molecule has 33 heavy (non-hydrogen) atoms. The van der Waals surface area contributed by atoms with E-state index in [1.165, 1.54) is 30.9 Å². The molecule has 0 spiro atoms. The number of aryl methyl sites for hydroxylation is 1. The van der Waals surface area contributed by atoms with E-state index in [9.17, 15) is 8.60 Å². The van der Waals surface area contributed by atoms with E-state index >= 15 is 0 Å². The molecule has 0 fully saturated rings. The second kappa shape index (κ2) is 8.44. The highest BCUT2D eigenvalue weighted by Gasteiger charge is 2.21. The van der Waals surface area contributed by atoms with Crippen LogP contribution >= 0.6 is 0 Å². The predicted octanol–water partition coefficient (Wildman–Crippen LogP) is 6.68. The maximum atomic E-state index is 13.6. The van der Waals surface area contributed by atoms with Crippen LogP contribution in [0.2, 0.25) is 0 Å². The van der Waals surface area contributed by atoms with Crippen LogP contribution in [0.15, 0.2) is 62.6 Å². The number of fused-ring (bicyclic) bond motifs is 1. The molecular formula is C25H27FN4O2S. The van der Waals surface area contributed by atoms with Crippen LogP contribution < -0.4 is 5.73 Å². The summed E-state index contributed by atoms with van der Waals surface area (Å²) in [6.45, 7) is 5.81. The van der Waals surface area contributed by atoms with Crippen molar-refractivity contribution < 1.29 is 14.4 Å². The summed E-state index contributed by atoms with van der Waals surface area (Å²) < 4.78 is 37.2. The minimum Gasteiger partial charge on any atom is -0.454 e. The SMILES string of the molecule is Cc1ccoc1S(C)(=O)=Nc1nc(C(C)C)c(-c2ccc(F)cc2)c2cc(C=N)c(N)cc12.[HH]. The fraction of sp³-hybridized carbons (Fsp3) is 0.200. The van der Waals surface area contributed by atoms with E-state index < -0.39 is 9.73 Å². The van der Waals surface area contributed by atoms with Crippen molar-refractivity contribution >= 4 is 38.2 Å². The number of furan rings is 1. The third-order valence-corrected chi connectivity index (χ3v) is 7.10. The molecule has 4 aromatic rings. The van der Waals surface area contributed by atoms with Crippen LogP contribution in [0, 0.1) is 18.2 Å². The number of benzene rings is 2. The van der Waals surface area contributed by atoms with Gasteiger partial charge in [0, 0.05) is 41.7 Å². The van der Waals surface area contributed by atoms with Gasteiger partial charge in [-0.25, -0.2) is 13.6 Å². The molecule has 1 atom stereocenters. The predicted molar refractivity (Wildman–Crippen MR) is 134 cm³/mol. The number of aromatic nitrogens is 1. The second-order valence-corrected chi connectivity index (χ2v) is 10.5. The quantitative estimate of drug-likeness (QED) is 0.253. The lowest BCUT2D eigenvalue weighted by atomic mass is 9.91. The number of hydrogen-bond acceptors (Lipinski definition) is 6. The molecule has 4 rings (SSSR count). The third-order valence-electron chi connectivity index (χ3n) is 5.47. The first-order chi connectivity index (χ1) is 15.6. The molecule has 0 radical (unpaired) electrons. The van der Waals surface area contributed by atoms with Gasteiger partial charge in [-0.3, -0.25) is 0 Å². The number of hydrogen-bond donors (Lipinski definition) is 2. The van der Waals surface area contributed by atoms with Crippen molar-refractivity contribution in [3.8, 4) is 11.1 Å². The largest absolute Gasteiger partial charge is 0.454 e. The summed E-state index contributed by atoms with van der Waals surface area (Å²) in [5.41, 5.74) is 10.2. The number of halogens is 1. The van der Waals surface area contributed by atoms with Crippen molar-refractivity contribution in [1.82, 2.24) is 4.98 Å². The van der Waals surface area contributed by atoms with E-state index in [1.807, 2.05) is 20.8 Å². The van der Waals surface area contributed by atoms with Crippen molar-refractivity contribution in [2.45, 2.75) is 31.8 Å². The molecule has 0 saturated carbocycles. The zero-order valence-electron chi connectivity index (χ0n) is 18.8. The highest BCUT2D eigenvalue weighted by molar-refractivity contribution is 7.93. The first-order valence-electron chi connectivity index (χ1n) is 10.4. The number of nitrogens with one attached hydrogen (secondary N) is 1. The van der Waals surface area contributed by atoms with Crippen LogP contribution in [0.25, 0.3) is 21.9 Å². The van der Waals surface area contributed by atoms with Gasteiger partial charge in [-0.2, -0.15) is 4.36 Å². The van der Waals surface area contributed by atoms with Crippen LogP contribution in [0.4, 0.5) is 15.9 Å². The first kappa shape index (κ1) is 22.7. The van der Waals surface area contributed by atoms with E-state index in [-0.39, 0.29) is 19.0 Å². The highest BCUT2D eigenvalue weighted by Crippen LogP contribution is 2.41. The van der Waals surface area contributed by atoms with E-state index in [2.05, 4.69) is 4.36 Å². The summed E-state index contributed by atoms with van der Waals surface area (Å²) >= 11 is 0. The minimum absolute atomic E-state index is 0. The Balaban J connectivity index is 0.00000324. The minimum atomic E-state index is -2.94. The van der Waals surface area contributed by atoms with Crippen LogP contribution in [0.3, 0.4) is 0 Å². The summed E-state index contributed by atoms with van der Waals surface area (Å²) in [5, 5.41) is 9.41. The van der Waals surface area contributed by atoms with Gasteiger partial charge in [-0.1, -0.05) is 26.0 Å². The smallest absolute Gasteiger partial charge is 0.201 e. The summed E-state index contributed by atoms with van der Waals surface area (Å²) in [4.78, 5) is 4.83. The second-order valence-electron chi connectivity index (χ2n) is 8.31. The van der Waals surface area contributed by atoms with Gasteiger partial charge in [-0.15, -0.1) is 0 Å². The number of nitrogens with zero attached hydrogens (tertiary/aromatic N) is 2. The number of anilines is 1. The molecule has 8 heteroatoms. The lowest BCUT2D eigenvalue weighted by molar-refractivity contribution is 0.460. The lowest BCUT2D eigenvalue weighted by Gasteiger charge is -2.18. The van der Waals surface area contributed by atoms with Gasteiger partial charge in [0.05, 0.1) is 12.0 Å². The van der Waals surface area contributed by atoms with Gasteiger partial charge >= 0.3 is 0 Å². The molecule has 0 aliphatic heterocycles. The van der Waals surface area contributed by atoms with Crippen LogP contribution in [-0.4, -0.2) is 21.7 Å². The molecule has 0 saturated heterocycles. The Morgan fingerprint density at radius 3 is 2.48 bits per heavy atom. The van der Waals surface area contributed by atoms with Gasteiger partial charge in [0.25, 0.3) is 0 Å². The average Bonchev–Trinajstić information content (AvgIpc) is 3.21. The molecule has 0 aliphatic carbocycles. The maximum absolute atomic E-state index is 13.6. The number of pyridine rings is 1. The van der Waals surface area contributed by atoms with Crippen molar-refractivity contribution in [2.24, 2.45) is 4.36 Å². The van der Waals surface area contributed by atoms with Crippen molar-refractivity contribution in [2.75, 3.05) is 12.0 Å². The Morgan fingerprint density at radius 2 is 1.91 bits per heavy atom. The summed E-state index contributed by atoms with van der Waals surface area (Å²) in [6, 6.07) is 11.4. The Morgan fingerprint density at radius 1 is 1.21 bits per heavy atom. The van der Waals surface area contributed by atoms with E-state index in [4.69, 9.17) is 20.5 Å². The third kappa shape index (κ3) is 4.14. The highest BCUT2D eigenvalue weighted by atomic mass is 32.2. The van der Waals surface area contributed by atoms with Crippen LogP contribution in [0.1, 0.15) is 38.0 Å². The van der Waals surface area contributed by atoms with Gasteiger partial charge in [0.2, 0.25) is 5.09 Å². The Hall–Kier alpha value is -3.52. The zero-order chi connectivity index (χ0) is 23.9. The maximum Gasteiger partial charge on any atom is 0.201 e. The van der Waals surface area contributed by atoms with E-state index in [1.54, 1.807) is 30.3 Å². The molecular weight excluding hydrogens is 439 g/mol. The van der Waals surface area contributed by atoms with E-state index in [0.29, 0.717) is 21.7 Å². The van der Waals surface area contributed by atoms with Gasteiger partial charge < -0.3 is 15.6 Å². The number of nitrogens with two attached hydrogens (primary N) is 1. The van der Waals surface area contributed by atoms with Crippen molar-refractivity contribution in [3.63, 3.8) is 0 Å². The topological polar surface area (TPSA) is 105 Å². The van der Waals surface area contributed by atoms with Crippen LogP contribution in [-0.2, 0) is 9.73 Å². The number of nitrogen functional groups attached to an aromatic ring is 1. The summed E-state index contributed by atoms with van der Waals surface area (Å²) in [7, 11) is -2.94. The van der Waals surface area contributed by atoms with Crippen molar-refractivity contribution in [1.29, 1.82) is 5.41 Å². The lowest BCUT2D eigenvalue weighted by Crippen LogP contribution is -2.03. The summed E-state index contributed by atoms with van der Waals surface area (Å²) in [6.07, 6.45) is 4.19. The number of rotatable bonds is 5. The molecule has 0 amide bonds. The normalized spacial score (nSPS) is 13.3. The molecule has 2 heterocycles. The van der Waals surface area contributed by atoms with Gasteiger partial charge in [-0.05, 0) is 54.1 Å². The molecule has 2 aromatic carbocycles. The molecule has 1 unspecified atom stereocenters. The molecule has 2 aromatic heterocycles. The standard InChI is InChI=1S/C25H25FN4O2S.H2/c1-14(2)23-22(16-5-7-18(26)8-6-16)19-11-17(13-27)21(28)12-20(19)24(29-23)30-33(4,31)25-15(3)9-10-32-25;/h5-14,27H,28H2,1-4H3;1H. The monoisotopic (exact) mass is 466 g/mol. The fourth-order valence-electron chi connectivity index (χ4n) is 3.88. The summed E-state index contributed by atoms with van der Waals surface area (Å²) in [5.74, 6) is -0.0635. The Kier molecular flexibility index (Phi) is 5.80. The zero-order valence-corrected chi connectivity index (χ0v) is 19.7. The molecule has 172 valence electrons. The molecule has 3 N–H and O–H groups in total. The fourth-order valence-corrected chi connectivity index (χ4v) is 5.33. The first-order valence-corrected chi connectivity index (χ1v) is 12.3. The Bertz CT molecular complexity index is 1500. The molecule has 0 aliphatic rings.